The normalized spacial score (nSPS) is 20.4. The highest BCUT2D eigenvalue weighted by Crippen LogP contribution is 2.12. The topological polar surface area (TPSA) is 53.6 Å². The minimum Gasteiger partial charge on any atom is -0.379 e. The van der Waals surface area contributed by atoms with Crippen LogP contribution in [-0.4, -0.2) is 50.2 Å². The van der Waals surface area contributed by atoms with Crippen molar-refractivity contribution in [1.82, 2.24) is 15.5 Å². The molecule has 1 atom stereocenters. The first-order valence-electron chi connectivity index (χ1n) is 8.65. The molecule has 2 aliphatic heterocycles. The molecule has 142 valence electrons. The molecule has 2 saturated heterocycles. The molecule has 2 heterocycles. The standard InChI is InChI=1S/C18H27N3O2.2ClH/c22-18(11-17-5-6-19-12-17)20-13-15-1-3-16(4-2-15)14-21-7-9-23-10-8-21;;/h1-4,17,19H,5-14H2,(H,20,22);2*1H. The number of ether oxygens (including phenoxy) is 1. The number of benzene rings is 1. The van der Waals surface area contributed by atoms with Gasteiger partial charge in [-0.05, 0) is 36.6 Å². The Kier molecular flexibility index (Phi) is 10.4. The van der Waals surface area contributed by atoms with Crippen LogP contribution in [0.2, 0.25) is 0 Å². The summed E-state index contributed by atoms with van der Waals surface area (Å²) in [5.74, 6) is 0.669. The summed E-state index contributed by atoms with van der Waals surface area (Å²) < 4.78 is 5.37. The molecule has 0 saturated carbocycles. The predicted octanol–water partition coefficient (Wildman–Crippen LogP) is 1.98. The van der Waals surface area contributed by atoms with Crippen LogP contribution >= 0.6 is 24.8 Å². The molecular weight excluding hydrogens is 361 g/mol. The summed E-state index contributed by atoms with van der Waals surface area (Å²) in [6.45, 7) is 7.30. The van der Waals surface area contributed by atoms with Crippen LogP contribution in [-0.2, 0) is 22.6 Å². The number of carbonyl (C=O) groups excluding carboxylic acids is 1. The van der Waals surface area contributed by atoms with Crippen molar-refractivity contribution in [3.05, 3.63) is 35.4 Å². The smallest absolute Gasteiger partial charge is 0.220 e. The van der Waals surface area contributed by atoms with E-state index in [0.717, 1.165) is 57.9 Å². The number of hydrogen-bond acceptors (Lipinski definition) is 4. The Morgan fingerprint density at radius 1 is 1.16 bits per heavy atom. The Morgan fingerprint density at radius 3 is 2.48 bits per heavy atom. The Bertz CT molecular complexity index is 502. The maximum absolute atomic E-state index is 11.9. The number of amides is 1. The molecule has 2 fully saturated rings. The number of rotatable bonds is 6. The molecule has 1 unspecified atom stereocenters. The lowest BCUT2D eigenvalue weighted by atomic mass is 10.0. The van der Waals surface area contributed by atoms with Gasteiger partial charge >= 0.3 is 0 Å². The van der Waals surface area contributed by atoms with E-state index in [2.05, 4.69) is 39.8 Å². The van der Waals surface area contributed by atoms with Crippen LogP contribution in [0.25, 0.3) is 0 Å². The van der Waals surface area contributed by atoms with Crippen LogP contribution in [0.3, 0.4) is 0 Å². The van der Waals surface area contributed by atoms with E-state index in [1.807, 2.05) is 0 Å². The maximum Gasteiger partial charge on any atom is 0.220 e. The quantitative estimate of drug-likeness (QED) is 0.780. The molecule has 2 N–H and O–H groups in total. The molecule has 7 heteroatoms. The molecule has 25 heavy (non-hydrogen) atoms. The van der Waals surface area contributed by atoms with Crippen LogP contribution < -0.4 is 10.6 Å². The zero-order chi connectivity index (χ0) is 15.9. The highest BCUT2D eigenvalue weighted by Gasteiger charge is 2.17. The van der Waals surface area contributed by atoms with E-state index in [9.17, 15) is 4.79 Å². The zero-order valence-electron chi connectivity index (χ0n) is 14.5. The number of morpholine rings is 1. The van der Waals surface area contributed by atoms with E-state index in [4.69, 9.17) is 4.74 Å². The van der Waals surface area contributed by atoms with E-state index in [1.54, 1.807) is 0 Å². The second-order valence-electron chi connectivity index (χ2n) is 6.54. The van der Waals surface area contributed by atoms with E-state index in [1.165, 1.54) is 5.56 Å². The molecule has 2 aliphatic rings. The number of halogens is 2. The Labute approximate surface area is 162 Å². The third-order valence-electron chi connectivity index (χ3n) is 4.66. The Balaban J connectivity index is 0.00000156. The van der Waals surface area contributed by atoms with Gasteiger partial charge in [0, 0.05) is 32.6 Å². The van der Waals surface area contributed by atoms with Gasteiger partial charge in [-0.3, -0.25) is 9.69 Å². The fourth-order valence-electron chi connectivity index (χ4n) is 3.20. The molecule has 3 rings (SSSR count). The molecule has 0 spiro atoms. The van der Waals surface area contributed by atoms with Crippen molar-refractivity contribution in [2.75, 3.05) is 39.4 Å². The largest absolute Gasteiger partial charge is 0.379 e. The third-order valence-corrected chi connectivity index (χ3v) is 4.66. The molecule has 5 nitrogen and oxygen atoms in total. The molecule has 0 radical (unpaired) electrons. The zero-order valence-corrected chi connectivity index (χ0v) is 16.2. The summed E-state index contributed by atoms with van der Waals surface area (Å²) in [6.07, 6.45) is 1.76. The van der Waals surface area contributed by atoms with Gasteiger partial charge in [0.05, 0.1) is 13.2 Å². The van der Waals surface area contributed by atoms with Crippen LogP contribution in [0.1, 0.15) is 24.0 Å². The van der Waals surface area contributed by atoms with Crippen LogP contribution in [0.5, 0.6) is 0 Å². The second kappa shape index (κ2) is 11.7. The van der Waals surface area contributed by atoms with Gasteiger partial charge in [-0.25, -0.2) is 0 Å². The predicted molar refractivity (Wildman–Crippen MR) is 104 cm³/mol. The van der Waals surface area contributed by atoms with Crippen molar-refractivity contribution in [1.29, 1.82) is 0 Å². The number of nitrogens with one attached hydrogen (secondary N) is 2. The fraction of sp³-hybridized carbons (Fsp3) is 0.611. The molecule has 0 bridgehead atoms. The summed E-state index contributed by atoms with van der Waals surface area (Å²) in [7, 11) is 0. The van der Waals surface area contributed by atoms with Crippen molar-refractivity contribution in [2.24, 2.45) is 5.92 Å². The van der Waals surface area contributed by atoms with Crippen molar-refractivity contribution in [2.45, 2.75) is 25.9 Å². The van der Waals surface area contributed by atoms with Gasteiger partial charge in [0.15, 0.2) is 0 Å². The van der Waals surface area contributed by atoms with E-state index in [-0.39, 0.29) is 30.7 Å². The summed E-state index contributed by atoms with van der Waals surface area (Å²) in [4.78, 5) is 14.4. The second-order valence-corrected chi connectivity index (χ2v) is 6.54. The SMILES string of the molecule is Cl.Cl.O=C(CC1CCNC1)NCc1ccc(CN2CCOCC2)cc1. The average molecular weight is 390 g/mol. The Morgan fingerprint density at radius 2 is 1.84 bits per heavy atom. The summed E-state index contributed by atoms with van der Waals surface area (Å²) in [5, 5.41) is 6.33. The van der Waals surface area contributed by atoms with Crippen molar-refractivity contribution >= 4 is 30.7 Å². The fourth-order valence-corrected chi connectivity index (χ4v) is 3.20. The molecule has 0 aliphatic carbocycles. The maximum atomic E-state index is 11.9. The molecule has 1 amide bonds. The average Bonchev–Trinajstić information content (AvgIpc) is 3.08. The molecule has 1 aromatic carbocycles. The lowest BCUT2D eigenvalue weighted by Crippen LogP contribution is -2.35. The first-order chi connectivity index (χ1) is 11.3. The molecule has 0 aromatic heterocycles. The van der Waals surface area contributed by atoms with Gasteiger partial charge in [0.1, 0.15) is 0 Å². The number of nitrogens with zero attached hydrogens (tertiary/aromatic N) is 1. The van der Waals surface area contributed by atoms with Crippen LogP contribution in [0.15, 0.2) is 24.3 Å². The first-order valence-corrected chi connectivity index (χ1v) is 8.65. The molecule has 1 aromatic rings. The van der Waals surface area contributed by atoms with Crippen LogP contribution in [0, 0.1) is 5.92 Å². The first kappa shape index (κ1) is 22.2. The van der Waals surface area contributed by atoms with E-state index >= 15 is 0 Å². The van der Waals surface area contributed by atoms with Gasteiger partial charge in [0.25, 0.3) is 0 Å². The summed E-state index contributed by atoms with van der Waals surface area (Å²) in [6, 6.07) is 8.57. The van der Waals surface area contributed by atoms with Gasteiger partial charge in [-0.15, -0.1) is 24.8 Å². The summed E-state index contributed by atoms with van der Waals surface area (Å²) in [5.41, 5.74) is 2.48. The minimum atomic E-state index is 0. The lowest BCUT2D eigenvalue weighted by molar-refractivity contribution is -0.122. The highest BCUT2D eigenvalue weighted by atomic mass is 35.5. The Hall–Kier alpha value is -0.850. The van der Waals surface area contributed by atoms with Gasteiger partial charge < -0.3 is 15.4 Å². The highest BCUT2D eigenvalue weighted by molar-refractivity contribution is 5.85. The van der Waals surface area contributed by atoms with Gasteiger partial charge in [-0.2, -0.15) is 0 Å². The van der Waals surface area contributed by atoms with E-state index < -0.39 is 0 Å². The van der Waals surface area contributed by atoms with Gasteiger partial charge in [0.2, 0.25) is 5.91 Å². The monoisotopic (exact) mass is 389 g/mol. The van der Waals surface area contributed by atoms with Crippen molar-refractivity contribution in [3.63, 3.8) is 0 Å². The third kappa shape index (κ3) is 7.50. The number of hydrogen-bond donors (Lipinski definition) is 2. The minimum absolute atomic E-state index is 0. The van der Waals surface area contributed by atoms with E-state index in [0.29, 0.717) is 18.9 Å². The molecular formula is C18H29Cl2N3O2. The van der Waals surface area contributed by atoms with Gasteiger partial charge in [-0.1, -0.05) is 24.3 Å². The van der Waals surface area contributed by atoms with Crippen molar-refractivity contribution in [3.8, 4) is 0 Å². The van der Waals surface area contributed by atoms with Crippen LogP contribution in [0.4, 0.5) is 0 Å². The number of carbonyl (C=O) groups is 1. The lowest BCUT2D eigenvalue weighted by Gasteiger charge is -2.26. The summed E-state index contributed by atoms with van der Waals surface area (Å²) >= 11 is 0. The van der Waals surface area contributed by atoms with Crippen molar-refractivity contribution < 1.29 is 9.53 Å².